The summed E-state index contributed by atoms with van der Waals surface area (Å²) in [4.78, 5) is 0. The number of aryl methyl sites for hydroxylation is 3. The highest BCUT2D eigenvalue weighted by molar-refractivity contribution is 5.48. The monoisotopic (exact) mass is 254 g/mol. The Hall–Kier alpha value is -2.28. The van der Waals surface area contributed by atoms with E-state index in [-0.39, 0.29) is 0 Å². The highest BCUT2D eigenvalue weighted by Gasteiger charge is 2.00. The highest BCUT2D eigenvalue weighted by Crippen LogP contribution is 2.10. The van der Waals surface area contributed by atoms with Crippen molar-refractivity contribution in [1.29, 1.82) is 5.26 Å². The molecule has 0 bridgehead atoms. The van der Waals surface area contributed by atoms with Gasteiger partial charge in [0.2, 0.25) is 0 Å². The molecule has 0 amide bonds. The van der Waals surface area contributed by atoms with Crippen molar-refractivity contribution in [1.82, 2.24) is 9.78 Å². The molecule has 0 spiro atoms. The molecular weight excluding hydrogens is 236 g/mol. The van der Waals surface area contributed by atoms with Crippen LogP contribution in [0.1, 0.15) is 23.4 Å². The Balaban J connectivity index is 1.81. The lowest BCUT2D eigenvalue weighted by Gasteiger charge is -2.07. The molecule has 0 unspecified atom stereocenters. The maximum absolute atomic E-state index is 8.83. The number of nitriles is 1. The van der Waals surface area contributed by atoms with Crippen molar-refractivity contribution in [2.45, 2.75) is 26.8 Å². The fourth-order valence-corrected chi connectivity index (χ4v) is 2.06. The minimum absolute atomic E-state index is 0.684. The first-order valence-corrected chi connectivity index (χ1v) is 6.44. The van der Waals surface area contributed by atoms with Gasteiger partial charge in [-0.05, 0) is 44.5 Å². The first kappa shape index (κ1) is 13.2. The zero-order chi connectivity index (χ0) is 13.7. The summed E-state index contributed by atoms with van der Waals surface area (Å²) in [7, 11) is 0. The molecule has 1 aromatic heterocycles. The zero-order valence-corrected chi connectivity index (χ0v) is 11.3. The van der Waals surface area contributed by atoms with Crippen molar-refractivity contribution in [3.63, 3.8) is 0 Å². The van der Waals surface area contributed by atoms with Crippen LogP contribution in [0.4, 0.5) is 5.69 Å². The average Bonchev–Trinajstić information content (AvgIpc) is 2.73. The maximum Gasteiger partial charge on any atom is 0.0992 e. The van der Waals surface area contributed by atoms with Crippen molar-refractivity contribution in [3.05, 3.63) is 47.3 Å². The molecule has 0 fully saturated rings. The van der Waals surface area contributed by atoms with E-state index in [1.54, 1.807) is 6.07 Å². The van der Waals surface area contributed by atoms with Crippen molar-refractivity contribution >= 4 is 5.69 Å². The number of nitrogens with zero attached hydrogens (tertiary/aromatic N) is 3. The first-order chi connectivity index (χ1) is 9.19. The summed E-state index contributed by atoms with van der Waals surface area (Å²) >= 11 is 0. The quantitative estimate of drug-likeness (QED) is 0.835. The summed E-state index contributed by atoms with van der Waals surface area (Å²) in [6, 6.07) is 11.8. The van der Waals surface area contributed by atoms with E-state index < -0.39 is 0 Å². The second kappa shape index (κ2) is 6.05. The van der Waals surface area contributed by atoms with Crippen LogP contribution in [-0.2, 0) is 6.54 Å². The van der Waals surface area contributed by atoms with Crippen molar-refractivity contribution in [2.75, 3.05) is 11.9 Å². The first-order valence-electron chi connectivity index (χ1n) is 6.44. The zero-order valence-electron chi connectivity index (χ0n) is 11.3. The summed E-state index contributed by atoms with van der Waals surface area (Å²) in [6.45, 7) is 5.86. The lowest BCUT2D eigenvalue weighted by atomic mass is 10.2. The molecule has 2 aromatic rings. The van der Waals surface area contributed by atoms with Gasteiger partial charge in [-0.2, -0.15) is 10.4 Å². The summed E-state index contributed by atoms with van der Waals surface area (Å²) in [6.07, 6.45) is 0.999. The van der Waals surface area contributed by atoms with Crippen LogP contribution < -0.4 is 5.32 Å². The van der Waals surface area contributed by atoms with E-state index in [1.807, 2.05) is 29.8 Å². The number of nitrogens with one attached hydrogen (secondary N) is 1. The minimum Gasteiger partial charge on any atom is -0.385 e. The van der Waals surface area contributed by atoms with Crippen LogP contribution in [0.2, 0.25) is 0 Å². The van der Waals surface area contributed by atoms with E-state index in [1.165, 1.54) is 5.69 Å². The smallest absolute Gasteiger partial charge is 0.0992 e. The minimum atomic E-state index is 0.684. The topological polar surface area (TPSA) is 53.6 Å². The van der Waals surface area contributed by atoms with Gasteiger partial charge in [-0.25, -0.2) is 0 Å². The average molecular weight is 254 g/mol. The third kappa shape index (κ3) is 3.59. The Morgan fingerprint density at radius 1 is 1.32 bits per heavy atom. The molecule has 4 heteroatoms. The molecule has 1 heterocycles. The molecular formula is C15H18N4. The van der Waals surface area contributed by atoms with Crippen molar-refractivity contribution in [2.24, 2.45) is 0 Å². The fourth-order valence-electron chi connectivity index (χ4n) is 2.06. The molecule has 1 aromatic carbocycles. The van der Waals surface area contributed by atoms with E-state index >= 15 is 0 Å². The number of aromatic nitrogens is 2. The Kier molecular flexibility index (Phi) is 4.19. The van der Waals surface area contributed by atoms with Crippen LogP contribution in [0, 0.1) is 25.2 Å². The van der Waals surface area contributed by atoms with Gasteiger partial charge in [0.25, 0.3) is 0 Å². The highest BCUT2D eigenvalue weighted by atomic mass is 15.3. The number of hydrogen-bond donors (Lipinski definition) is 1. The summed E-state index contributed by atoms with van der Waals surface area (Å²) in [5.74, 6) is 0. The Morgan fingerprint density at radius 3 is 2.84 bits per heavy atom. The van der Waals surface area contributed by atoms with Gasteiger partial charge >= 0.3 is 0 Å². The van der Waals surface area contributed by atoms with Crippen LogP contribution in [0.3, 0.4) is 0 Å². The van der Waals surface area contributed by atoms with Gasteiger partial charge in [0, 0.05) is 24.5 Å². The van der Waals surface area contributed by atoms with Crippen LogP contribution in [0.25, 0.3) is 0 Å². The van der Waals surface area contributed by atoms with Crippen molar-refractivity contribution in [3.8, 4) is 6.07 Å². The standard InChI is InChI=1S/C15H18N4/c1-12-9-13(2)19(18-12)8-4-7-17-15-6-3-5-14(10-15)11-16/h3,5-6,9-10,17H,4,7-8H2,1-2H3. The molecule has 0 saturated heterocycles. The molecule has 2 rings (SSSR count). The summed E-state index contributed by atoms with van der Waals surface area (Å²) in [5.41, 5.74) is 3.94. The Morgan fingerprint density at radius 2 is 2.16 bits per heavy atom. The van der Waals surface area contributed by atoms with Crippen LogP contribution >= 0.6 is 0 Å². The largest absolute Gasteiger partial charge is 0.385 e. The van der Waals surface area contributed by atoms with Gasteiger partial charge in [0.1, 0.15) is 0 Å². The number of benzene rings is 1. The van der Waals surface area contributed by atoms with Gasteiger partial charge < -0.3 is 5.32 Å². The molecule has 98 valence electrons. The molecule has 0 atom stereocenters. The van der Waals surface area contributed by atoms with E-state index in [2.05, 4.69) is 29.5 Å². The normalized spacial score (nSPS) is 10.2. The maximum atomic E-state index is 8.83. The molecule has 0 aliphatic carbocycles. The van der Waals surface area contributed by atoms with Gasteiger partial charge in [-0.3, -0.25) is 4.68 Å². The third-order valence-corrected chi connectivity index (χ3v) is 2.97. The lowest BCUT2D eigenvalue weighted by Crippen LogP contribution is -2.09. The molecule has 0 aliphatic heterocycles. The molecule has 0 saturated carbocycles. The van der Waals surface area contributed by atoms with Gasteiger partial charge in [-0.15, -0.1) is 0 Å². The Labute approximate surface area is 113 Å². The van der Waals surface area contributed by atoms with Crippen LogP contribution in [-0.4, -0.2) is 16.3 Å². The van der Waals surface area contributed by atoms with E-state index in [4.69, 9.17) is 5.26 Å². The molecule has 4 nitrogen and oxygen atoms in total. The molecule has 19 heavy (non-hydrogen) atoms. The summed E-state index contributed by atoms with van der Waals surface area (Å²) in [5, 5.41) is 16.6. The second-order valence-corrected chi connectivity index (χ2v) is 4.62. The third-order valence-electron chi connectivity index (χ3n) is 2.97. The second-order valence-electron chi connectivity index (χ2n) is 4.62. The predicted octanol–water partition coefficient (Wildman–Crippen LogP) is 2.87. The predicted molar refractivity (Wildman–Crippen MR) is 76.0 cm³/mol. The van der Waals surface area contributed by atoms with Gasteiger partial charge in [0.05, 0.1) is 17.3 Å². The molecule has 1 N–H and O–H groups in total. The van der Waals surface area contributed by atoms with E-state index in [0.717, 1.165) is 30.9 Å². The number of hydrogen-bond acceptors (Lipinski definition) is 3. The Bertz CT molecular complexity index is 592. The SMILES string of the molecule is Cc1cc(C)n(CCCNc2cccc(C#N)c2)n1. The molecule has 0 aliphatic rings. The van der Waals surface area contributed by atoms with Crippen molar-refractivity contribution < 1.29 is 0 Å². The summed E-state index contributed by atoms with van der Waals surface area (Å²) < 4.78 is 2.03. The number of rotatable bonds is 5. The van der Waals surface area contributed by atoms with Crippen LogP contribution in [0.5, 0.6) is 0 Å². The van der Waals surface area contributed by atoms with Crippen LogP contribution in [0.15, 0.2) is 30.3 Å². The molecule has 0 radical (unpaired) electrons. The van der Waals surface area contributed by atoms with Gasteiger partial charge in [-0.1, -0.05) is 6.07 Å². The fraction of sp³-hybridized carbons (Fsp3) is 0.333. The van der Waals surface area contributed by atoms with E-state index in [0.29, 0.717) is 5.56 Å². The number of anilines is 1. The van der Waals surface area contributed by atoms with E-state index in [9.17, 15) is 0 Å². The van der Waals surface area contributed by atoms with Gasteiger partial charge in [0.15, 0.2) is 0 Å². The lowest BCUT2D eigenvalue weighted by molar-refractivity contribution is 0.574.